The summed E-state index contributed by atoms with van der Waals surface area (Å²) in [6.07, 6.45) is 2.58. The molecule has 0 fully saturated rings. The Labute approximate surface area is 115 Å². The number of nitrogens with zero attached hydrogens (tertiary/aromatic N) is 3. The topological polar surface area (TPSA) is 57.1 Å². The molecule has 0 saturated carbocycles. The first-order valence-electron chi connectivity index (χ1n) is 6.15. The Hall–Kier alpha value is -1.82. The molecule has 19 heavy (non-hydrogen) atoms. The molecule has 2 aliphatic heterocycles. The zero-order valence-corrected chi connectivity index (χ0v) is 11.6. The number of amidine groups is 1. The summed E-state index contributed by atoms with van der Waals surface area (Å²) in [6, 6.07) is 7.69. The van der Waals surface area contributed by atoms with Crippen LogP contribution < -0.4 is 15.9 Å². The van der Waals surface area contributed by atoms with Crippen molar-refractivity contribution in [3.05, 3.63) is 34.8 Å². The van der Waals surface area contributed by atoms with Crippen molar-refractivity contribution in [1.82, 2.24) is 10.3 Å². The highest BCUT2D eigenvalue weighted by Crippen LogP contribution is 2.20. The molecule has 0 saturated heterocycles. The van der Waals surface area contributed by atoms with E-state index >= 15 is 0 Å². The van der Waals surface area contributed by atoms with Crippen molar-refractivity contribution in [2.45, 2.75) is 19.5 Å². The van der Waals surface area contributed by atoms with Gasteiger partial charge < -0.3 is 0 Å². The van der Waals surface area contributed by atoms with Crippen LogP contribution in [0.15, 0.2) is 34.4 Å². The Bertz CT molecular complexity index is 682. The third-order valence-electron chi connectivity index (χ3n) is 3.15. The lowest BCUT2D eigenvalue weighted by Crippen LogP contribution is -2.52. The van der Waals surface area contributed by atoms with E-state index in [9.17, 15) is 4.79 Å². The molecule has 2 aliphatic rings. The number of nitrogens with one attached hydrogen (secondary N) is 1. The van der Waals surface area contributed by atoms with Crippen LogP contribution in [0, 0.1) is 0 Å². The fourth-order valence-electron chi connectivity index (χ4n) is 2.25. The summed E-state index contributed by atoms with van der Waals surface area (Å²) in [5, 5.41) is 11.3. The number of carbonyl (C=O) groups excluding carboxylic acids is 1. The van der Waals surface area contributed by atoms with Gasteiger partial charge in [0.15, 0.2) is 5.17 Å². The number of hydrogen-bond acceptors (Lipinski definition) is 5. The number of hydrogen-bond donors (Lipinski definition) is 1. The van der Waals surface area contributed by atoms with Gasteiger partial charge in [0.1, 0.15) is 11.9 Å². The first-order valence-corrected chi connectivity index (χ1v) is 7.37. The molecule has 1 atom stereocenters. The van der Waals surface area contributed by atoms with Crippen LogP contribution in [-0.4, -0.2) is 28.5 Å². The van der Waals surface area contributed by atoms with Gasteiger partial charge in [-0.1, -0.05) is 36.9 Å². The molecular formula is C13H14N4OS. The van der Waals surface area contributed by atoms with Crippen LogP contribution >= 0.6 is 11.8 Å². The van der Waals surface area contributed by atoms with Gasteiger partial charge in [0.05, 0.1) is 5.36 Å². The van der Waals surface area contributed by atoms with Gasteiger partial charge in [-0.05, 0) is 18.7 Å². The molecule has 5 nitrogen and oxygen atoms in total. The highest BCUT2D eigenvalue weighted by atomic mass is 32.2. The second kappa shape index (κ2) is 4.70. The maximum atomic E-state index is 12.3. The zero-order valence-electron chi connectivity index (χ0n) is 10.8. The van der Waals surface area contributed by atoms with E-state index in [0.29, 0.717) is 10.9 Å². The maximum absolute atomic E-state index is 12.3. The molecule has 3 rings (SSSR count). The molecule has 0 unspecified atom stereocenters. The van der Waals surface area contributed by atoms with E-state index in [2.05, 4.69) is 15.4 Å². The average molecular weight is 274 g/mol. The van der Waals surface area contributed by atoms with Crippen LogP contribution in [0.5, 0.6) is 0 Å². The van der Waals surface area contributed by atoms with E-state index in [4.69, 9.17) is 0 Å². The van der Waals surface area contributed by atoms with Gasteiger partial charge in [0, 0.05) is 5.22 Å². The number of amides is 1. The highest BCUT2D eigenvalue weighted by molar-refractivity contribution is 8.13. The minimum atomic E-state index is -0.113. The van der Waals surface area contributed by atoms with Crippen molar-refractivity contribution in [2.75, 3.05) is 6.26 Å². The second-order valence-electron chi connectivity index (χ2n) is 4.29. The highest BCUT2D eigenvalue weighted by Gasteiger charge is 2.32. The SMILES string of the molecule is CC[C@@H]1N=c2ccccc2=C2C(=O)NC(SC)=NN21. The fraction of sp³-hybridized carbons (Fsp3) is 0.308. The van der Waals surface area contributed by atoms with Crippen LogP contribution in [0.25, 0.3) is 5.70 Å². The first-order chi connectivity index (χ1) is 9.24. The van der Waals surface area contributed by atoms with Gasteiger partial charge in [-0.15, -0.1) is 5.10 Å². The largest absolute Gasteiger partial charge is 0.298 e. The Kier molecular flexibility index (Phi) is 3.02. The summed E-state index contributed by atoms with van der Waals surface area (Å²) in [4.78, 5) is 17.0. The zero-order chi connectivity index (χ0) is 13.4. The van der Waals surface area contributed by atoms with Crippen LogP contribution in [0.4, 0.5) is 0 Å². The summed E-state index contributed by atoms with van der Waals surface area (Å²) in [5.41, 5.74) is 0.593. The third kappa shape index (κ3) is 1.92. The van der Waals surface area contributed by atoms with Crippen LogP contribution in [0.1, 0.15) is 13.3 Å². The molecule has 6 heteroatoms. The monoisotopic (exact) mass is 274 g/mol. The second-order valence-corrected chi connectivity index (χ2v) is 5.09. The standard InChI is InChI=1S/C13H14N4OS/c1-3-10-14-9-7-5-4-6-8(9)11-12(18)15-13(19-2)16-17(10)11/h4-7,10H,3H2,1-2H3,(H,15,16,18)/t10-/m1/s1. The smallest absolute Gasteiger partial charge is 0.276 e. The van der Waals surface area contributed by atoms with E-state index in [-0.39, 0.29) is 12.1 Å². The van der Waals surface area contributed by atoms with Crippen LogP contribution in [0.2, 0.25) is 0 Å². The van der Waals surface area contributed by atoms with Gasteiger partial charge >= 0.3 is 0 Å². The van der Waals surface area contributed by atoms with Gasteiger partial charge in [-0.2, -0.15) is 0 Å². The molecule has 0 aliphatic carbocycles. The Morgan fingerprint density at radius 1 is 1.42 bits per heavy atom. The minimum absolute atomic E-state index is 0.111. The molecule has 1 amide bonds. The normalized spacial score (nSPS) is 21.1. The molecule has 2 heterocycles. The maximum Gasteiger partial charge on any atom is 0.276 e. The number of fused-ring (bicyclic) bond motifs is 2. The van der Waals surface area contributed by atoms with Crippen molar-refractivity contribution in [3.63, 3.8) is 0 Å². The molecule has 1 N–H and O–H groups in total. The molecule has 0 spiro atoms. The van der Waals surface area contributed by atoms with Crippen molar-refractivity contribution in [1.29, 1.82) is 0 Å². The van der Waals surface area contributed by atoms with Crippen LogP contribution in [-0.2, 0) is 4.79 Å². The predicted molar refractivity (Wildman–Crippen MR) is 75.6 cm³/mol. The number of rotatable bonds is 1. The average Bonchev–Trinajstić information content (AvgIpc) is 2.45. The summed E-state index contributed by atoms with van der Waals surface area (Å²) < 4.78 is 0. The molecule has 98 valence electrons. The molecular weight excluding hydrogens is 260 g/mol. The quantitative estimate of drug-likeness (QED) is 0.797. The molecule has 0 radical (unpaired) electrons. The molecule has 1 aromatic rings. The lowest BCUT2D eigenvalue weighted by molar-refractivity contribution is -0.116. The van der Waals surface area contributed by atoms with Gasteiger partial charge in [-0.25, -0.2) is 5.01 Å². The van der Waals surface area contributed by atoms with Crippen molar-refractivity contribution >= 4 is 28.5 Å². The molecule has 0 bridgehead atoms. The molecule has 1 aromatic carbocycles. The van der Waals surface area contributed by atoms with Crippen LogP contribution in [0.3, 0.4) is 0 Å². The van der Waals surface area contributed by atoms with Crippen molar-refractivity contribution in [3.8, 4) is 0 Å². The summed E-state index contributed by atoms with van der Waals surface area (Å²) in [5.74, 6) is -0.111. The van der Waals surface area contributed by atoms with Gasteiger partial charge in [-0.3, -0.25) is 15.1 Å². The van der Waals surface area contributed by atoms with Gasteiger partial charge in [0.25, 0.3) is 5.91 Å². The lowest BCUT2D eigenvalue weighted by Gasteiger charge is -2.33. The Morgan fingerprint density at radius 3 is 2.95 bits per heavy atom. The lowest BCUT2D eigenvalue weighted by atomic mass is 10.1. The molecule has 0 aromatic heterocycles. The van der Waals surface area contributed by atoms with E-state index in [0.717, 1.165) is 17.0 Å². The predicted octanol–water partition coefficient (Wildman–Crippen LogP) is 0.230. The van der Waals surface area contributed by atoms with Gasteiger partial charge in [0.2, 0.25) is 0 Å². The van der Waals surface area contributed by atoms with Crippen molar-refractivity contribution in [2.24, 2.45) is 10.1 Å². The number of hydrazone groups is 1. The summed E-state index contributed by atoms with van der Waals surface area (Å²) >= 11 is 1.42. The number of thioether (sulfide) groups is 1. The number of carbonyl (C=O) groups is 1. The number of para-hydroxylation sites is 1. The summed E-state index contributed by atoms with van der Waals surface area (Å²) in [6.45, 7) is 2.04. The van der Waals surface area contributed by atoms with E-state index in [1.54, 1.807) is 5.01 Å². The van der Waals surface area contributed by atoms with E-state index in [1.165, 1.54) is 11.8 Å². The number of benzene rings is 1. The third-order valence-corrected chi connectivity index (χ3v) is 3.72. The first kappa shape index (κ1) is 12.2. The Morgan fingerprint density at radius 2 is 2.21 bits per heavy atom. The fourth-order valence-corrected chi connectivity index (χ4v) is 2.62. The summed E-state index contributed by atoms with van der Waals surface area (Å²) in [7, 11) is 0. The van der Waals surface area contributed by atoms with E-state index < -0.39 is 0 Å². The van der Waals surface area contributed by atoms with E-state index in [1.807, 2.05) is 37.4 Å². The minimum Gasteiger partial charge on any atom is -0.298 e. The van der Waals surface area contributed by atoms with Crippen molar-refractivity contribution < 1.29 is 4.79 Å². The Balaban J connectivity index is 2.29.